The Balaban J connectivity index is 2.03. The van der Waals surface area contributed by atoms with E-state index < -0.39 is 28.5 Å². The third kappa shape index (κ3) is 9.08. The number of amides is 2. The summed E-state index contributed by atoms with van der Waals surface area (Å²) in [5.41, 5.74) is 1.88. The van der Waals surface area contributed by atoms with E-state index in [2.05, 4.69) is 21.2 Å². The summed E-state index contributed by atoms with van der Waals surface area (Å²) in [6.07, 6.45) is 3.01. The first-order chi connectivity index (χ1) is 18.6. The number of sulfonamides is 1. The first-order valence-corrected chi connectivity index (χ1v) is 15.7. The molecular formula is C29H33BrClN3O4S. The number of hydrogen-bond acceptors (Lipinski definition) is 4. The zero-order chi connectivity index (χ0) is 28.4. The summed E-state index contributed by atoms with van der Waals surface area (Å²) in [7, 11) is -3.88. The number of halogens is 2. The number of nitrogens with zero attached hydrogens (tertiary/aromatic N) is 2. The van der Waals surface area contributed by atoms with E-state index in [1.807, 2.05) is 61.5 Å². The van der Waals surface area contributed by atoms with Gasteiger partial charge in [0.25, 0.3) is 0 Å². The Morgan fingerprint density at radius 2 is 1.59 bits per heavy atom. The Morgan fingerprint density at radius 3 is 2.21 bits per heavy atom. The molecule has 7 nitrogen and oxygen atoms in total. The number of anilines is 1. The lowest BCUT2D eigenvalue weighted by Crippen LogP contribution is -2.53. The standard InChI is InChI=1S/C29H33BrClN3O4S/c1-3-4-18-32-29(36)27(19-22-10-6-5-7-11-22)33(20-23-14-16-24(30)17-15-23)28(35)21-34(39(2,37)38)26-13-9-8-12-25(26)31/h5-17,27H,3-4,18-21H2,1-2H3,(H,32,36)/t27-/m0/s1. The minimum Gasteiger partial charge on any atom is -0.354 e. The number of carbonyl (C=O) groups is 2. The van der Waals surface area contributed by atoms with Crippen molar-refractivity contribution in [1.82, 2.24) is 10.2 Å². The summed E-state index contributed by atoms with van der Waals surface area (Å²) in [4.78, 5) is 29.0. The predicted molar refractivity (Wildman–Crippen MR) is 160 cm³/mol. The maximum atomic E-state index is 14.0. The average molecular weight is 635 g/mol. The number of unbranched alkanes of at least 4 members (excludes halogenated alkanes) is 1. The Bertz CT molecular complexity index is 1350. The molecule has 0 aromatic heterocycles. The summed E-state index contributed by atoms with van der Waals surface area (Å²) in [5.74, 6) is -0.809. The average Bonchev–Trinajstić information content (AvgIpc) is 2.91. The maximum Gasteiger partial charge on any atom is 0.244 e. The van der Waals surface area contributed by atoms with E-state index in [9.17, 15) is 18.0 Å². The molecule has 0 saturated carbocycles. The van der Waals surface area contributed by atoms with Crippen LogP contribution < -0.4 is 9.62 Å². The second kappa shape index (κ2) is 14.5. The van der Waals surface area contributed by atoms with Crippen LogP contribution in [0.5, 0.6) is 0 Å². The highest BCUT2D eigenvalue weighted by molar-refractivity contribution is 9.10. The lowest BCUT2D eigenvalue weighted by Gasteiger charge is -2.33. The summed E-state index contributed by atoms with van der Waals surface area (Å²) in [6.45, 7) is 2.12. The molecule has 0 spiro atoms. The minimum absolute atomic E-state index is 0.116. The van der Waals surface area contributed by atoms with Crippen LogP contribution in [0, 0.1) is 0 Å². The van der Waals surface area contributed by atoms with Crippen molar-refractivity contribution in [3.05, 3.63) is 99.5 Å². The van der Waals surface area contributed by atoms with Gasteiger partial charge in [-0.1, -0.05) is 95.5 Å². The van der Waals surface area contributed by atoms with Gasteiger partial charge in [-0.25, -0.2) is 8.42 Å². The van der Waals surface area contributed by atoms with Crippen molar-refractivity contribution in [2.45, 2.75) is 38.8 Å². The van der Waals surface area contributed by atoms with Gasteiger partial charge >= 0.3 is 0 Å². The monoisotopic (exact) mass is 633 g/mol. The number of para-hydroxylation sites is 1. The van der Waals surface area contributed by atoms with E-state index in [-0.39, 0.29) is 29.6 Å². The Labute approximate surface area is 244 Å². The molecule has 0 heterocycles. The van der Waals surface area contributed by atoms with Crippen molar-refractivity contribution in [3.8, 4) is 0 Å². The van der Waals surface area contributed by atoms with Gasteiger partial charge in [0.15, 0.2) is 0 Å². The molecule has 0 unspecified atom stereocenters. The smallest absolute Gasteiger partial charge is 0.244 e. The van der Waals surface area contributed by atoms with Crippen molar-refractivity contribution in [3.63, 3.8) is 0 Å². The molecule has 0 aliphatic rings. The van der Waals surface area contributed by atoms with E-state index in [0.717, 1.165) is 39.0 Å². The molecule has 0 radical (unpaired) electrons. The molecule has 0 aliphatic carbocycles. The van der Waals surface area contributed by atoms with E-state index in [0.29, 0.717) is 6.54 Å². The molecule has 10 heteroatoms. The number of rotatable bonds is 13. The van der Waals surface area contributed by atoms with Gasteiger partial charge in [-0.3, -0.25) is 13.9 Å². The molecule has 0 saturated heterocycles. The van der Waals surface area contributed by atoms with Gasteiger partial charge in [-0.15, -0.1) is 0 Å². The first-order valence-electron chi connectivity index (χ1n) is 12.7. The molecule has 1 atom stereocenters. The third-order valence-corrected chi connectivity index (χ3v) is 8.14. The highest BCUT2D eigenvalue weighted by Crippen LogP contribution is 2.28. The lowest BCUT2D eigenvalue weighted by molar-refractivity contribution is -0.140. The third-order valence-electron chi connectivity index (χ3n) is 6.17. The largest absolute Gasteiger partial charge is 0.354 e. The van der Waals surface area contributed by atoms with Crippen LogP contribution in [0.4, 0.5) is 5.69 Å². The fraction of sp³-hybridized carbons (Fsp3) is 0.310. The van der Waals surface area contributed by atoms with Crippen molar-refractivity contribution in [2.75, 3.05) is 23.7 Å². The number of benzene rings is 3. The van der Waals surface area contributed by atoms with Gasteiger partial charge in [-0.05, 0) is 41.8 Å². The predicted octanol–water partition coefficient (Wildman–Crippen LogP) is 5.42. The van der Waals surface area contributed by atoms with Crippen LogP contribution in [0.1, 0.15) is 30.9 Å². The van der Waals surface area contributed by atoms with E-state index >= 15 is 0 Å². The van der Waals surface area contributed by atoms with Crippen LogP contribution in [0.2, 0.25) is 5.02 Å². The Kier molecular flexibility index (Phi) is 11.4. The second-order valence-corrected chi connectivity index (χ2v) is 12.4. The normalized spacial score (nSPS) is 12.0. The Hall–Kier alpha value is -2.88. The number of hydrogen-bond donors (Lipinski definition) is 1. The summed E-state index contributed by atoms with van der Waals surface area (Å²) >= 11 is 9.75. The van der Waals surface area contributed by atoms with Gasteiger partial charge < -0.3 is 10.2 Å². The lowest BCUT2D eigenvalue weighted by atomic mass is 10.0. The van der Waals surface area contributed by atoms with Crippen LogP contribution in [-0.4, -0.2) is 50.5 Å². The van der Waals surface area contributed by atoms with Crippen molar-refractivity contribution in [1.29, 1.82) is 0 Å². The quantitative estimate of drug-likeness (QED) is 0.254. The molecule has 3 rings (SSSR count). The first kappa shape index (κ1) is 30.7. The van der Waals surface area contributed by atoms with Gasteiger partial charge in [0.2, 0.25) is 21.8 Å². The van der Waals surface area contributed by atoms with Crippen molar-refractivity contribution < 1.29 is 18.0 Å². The van der Waals surface area contributed by atoms with Crippen LogP contribution >= 0.6 is 27.5 Å². The zero-order valence-electron chi connectivity index (χ0n) is 22.0. The SMILES string of the molecule is CCCCNC(=O)[C@H](Cc1ccccc1)N(Cc1ccc(Br)cc1)C(=O)CN(c1ccccc1Cl)S(C)(=O)=O. The molecule has 1 N–H and O–H groups in total. The van der Waals surface area contributed by atoms with Crippen LogP contribution in [0.3, 0.4) is 0 Å². The molecule has 0 aliphatic heterocycles. The minimum atomic E-state index is -3.88. The Morgan fingerprint density at radius 1 is 0.949 bits per heavy atom. The second-order valence-electron chi connectivity index (χ2n) is 9.22. The van der Waals surface area contributed by atoms with Gasteiger partial charge in [0.1, 0.15) is 12.6 Å². The summed E-state index contributed by atoms with van der Waals surface area (Å²) < 4.78 is 27.5. The molecule has 3 aromatic carbocycles. The maximum absolute atomic E-state index is 14.0. The molecular weight excluding hydrogens is 602 g/mol. The van der Waals surface area contributed by atoms with Gasteiger partial charge in [-0.2, -0.15) is 0 Å². The molecule has 0 bridgehead atoms. The molecule has 2 amide bonds. The molecule has 208 valence electrons. The topological polar surface area (TPSA) is 86.8 Å². The van der Waals surface area contributed by atoms with Gasteiger partial charge in [0.05, 0.1) is 17.0 Å². The van der Waals surface area contributed by atoms with Gasteiger partial charge in [0, 0.05) is 24.0 Å². The van der Waals surface area contributed by atoms with E-state index in [1.54, 1.807) is 24.3 Å². The molecule has 3 aromatic rings. The number of nitrogens with one attached hydrogen (secondary N) is 1. The summed E-state index contributed by atoms with van der Waals surface area (Å²) in [5, 5.41) is 3.17. The summed E-state index contributed by atoms with van der Waals surface area (Å²) in [6, 6.07) is 22.5. The van der Waals surface area contributed by atoms with Crippen LogP contribution in [-0.2, 0) is 32.6 Å². The van der Waals surface area contributed by atoms with Crippen molar-refractivity contribution >= 4 is 55.1 Å². The highest BCUT2D eigenvalue weighted by atomic mass is 79.9. The van der Waals surface area contributed by atoms with Crippen LogP contribution in [0.15, 0.2) is 83.3 Å². The van der Waals surface area contributed by atoms with Crippen LogP contribution in [0.25, 0.3) is 0 Å². The highest BCUT2D eigenvalue weighted by Gasteiger charge is 2.33. The van der Waals surface area contributed by atoms with Crippen molar-refractivity contribution in [2.24, 2.45) is 0 Å². The number of carbonyl (C=O) groups excluding carboxylic acids is 2. The zero-order valence-corrected chi connectivity index (χ0v) is 25.2. The van der Waals surface area contributed by atoms with E-state index in [4.69, 9.17) is 11.6 Å². The molecule has 39 heavy (non-hydrogen) atoms. The van der Waals surface area contributed by atoms with E-state index in [1.165, 1.54) is 4.90 Å². The fourth-order valence-corrected chi connectivity index (χ4v) is 5.51. The fourth-order valence-electron chi connectivity index (χ4n) is 4.10. The molecule has 0 fully saturated rings.